The lowest BCUT2D eigenvalue weighted by atomic mass is 9.89. The quantitative estimate of drug-likeness (QED) is 0.862. The van der Waals surface area contributed by atoms with Crippen LogP contribution in [-0.4, -0.2) is 28.7 Å². The molecule has 0 aliphatic carbocycles. The van der Waals surface area contributed by atoms with E-state index in [2.05, 4.69) is 5.32 Å². The Hall–Kier alpha value is -2.14. The molecule has 5 heteroatoms. The van der Waals surface area contributed by atoms with Crippen molar-refractivity contribution in [3.8, 4) is 5.69 Å². The van der Waals surface area contributed by atoms with Gasteiger partial charge in [-0.1, -0.05) is 13.8 Å². The van der Waals surface area contributed by atoms with Crippen LogP contribution in [-0.2, 0) is 0 Å². The monoisotopic (exact) mass is 304 g/mol. The largest absolute Gasteiger partial charge is 0.396 e. The summed E-state index contributed by atoms with van der Waals surface area (Å²) in [5.41, 5.74) is 0.490. The minimum Gasteiger partial charge on any atom is -0.396 e. The summed E-state index contributed by atoms with van der Waals surface area (Å²) in [4.78, 5) is 12.1. The first kappa shape index (κ1) is 16.2. The number of aromatic nitrogens is 1. The van der Waals surface area contributed by atoms with Gasteiger partial charge in [0.2, 0.25) is 0 Å². The van der Waals surface area contributed by atoms with E-state index in [0.29, 0.717) is 18.7 Å². The van der Waals surface area contributed by atoms with Gasteiger partial charge in [-0.3, -0.25) is 4.79 Å². The molecule has 22 heavy (non-hydrogen) atoms. The van der Waals surface area contributed by atoms with Crippen LogP contribution in [0.25, 0.3) is 5.69 Å². The van der Waals surface area contributed by atoms with Gasteiger partial charge in [0, 0.05) is 31.1 Å². The fourth-order valence-corrected chi connectivity index (χ4v) is 2.17. The fourth-order valence-electron chi connectivity index (χ4n) is 2.17. The number of benzene rings is 1. The van der Waals surface area contributed by atoms with Crippen LogP contribution < -0.4 is 5.32 Å². The number of amides is 1. The van der Waals surface area contributed by atoms with E-state index in [0.717, 1.165) is 0 Å². The molecular formula is C17H21FN2O2. The molecule has 0 unspecified atom stereocenters. The van der Waals surface area contributed by atoms with Gasteiger partial charge in [-0.05, 0) is 42.2 Å². The summed E-state index contributed by atoms with van der Waals surface area (Å²) < 4.78 is 15.8. The highest BCUT2D eigenvalue weighted by molar-refractivity contribution is 5.94. The summed E-state index contributed by atoms with van der Waals surface area (Å²) in [7, 11) is 0. The number of rotatable bonds is 6. The van der Waals surface area contributed by atoms with Gasteiger partial charge in [0.25, 0.3) is 5.91 Å². The molecule has 0 bridgehead atoms. The maximum Gasteiger partial charge on any atom is 0.251 e. The summed E-state index contributed by atoms with van der Waals surface area (Å²) in [6.07, 6.45) is 4.08. The average molecular weight is 304 g/mol. The van der Waals surface area contributed by atoms with Crippen LogP contribution in [0.2, 0.25) is 0 Å². The van der Waals surface area contributed by atoms with Gasteiger partial charge in [-0.15, -0.1) is 0 Å². The number of nitrogens with one attached hydrogen (secondary N) is 1. The number of aliphatic hydroxyl groups is 1. The van der Waals surface area contributed by atoms with Gasteiger partial charge >= 0.3 is 0 Å². The van der Waals surface area contributed by atoms with Crippen molar-refractivity contribution in [2.75, 3.05) is 13.2 Å². The first-order valence-corrected chi connectivity index (χ1v) is 7.25. The van der Waals surface area contributed by atoms with Crippen molar-refractivity contribution < 1.29 is 14.3 Å². The summed E-state index contributed by atoms with van der Waals surface area (Å²) >= 11 is 0. The molecule has 0 atom stereocenters. The van der Waals surface area contributed by atoms with Crippen molar-refractivity contribution in [1.82, 2.24) is 9.88 Å². The molecule has 0 radical (unpaired) electrons. The van der Waals surface area contributed by atoms with E-state index in [4.69, 9.17) is 5.11 Å². The lowest BCUT2D eigenvalue weighted by Gasteiger charge is -2.23. The Morgan fingerprint density at radius 1 is 1.32 bits per heavy atom. The summed E-state index contributed by atoms with van der Waals surface area (Å²) in [5, 5.41) is 11.8. The zero-order valence-corrected chi connectivity index (χ0v) is 12.8. The van der Waals surface area contributed by atoms with E-state index in [9.17, 15) is 9.18 Å². The molecule has 0 saturated carbocycles. The molecular weight excluding hydrogens is 283 g/mol. The van der Waals surface area contributed by atoms with E-state index < -0.39 is 5.82 Å². The lowest BCUT2D eigenvalue weighted by Crippen LogP contribution is -2.34. The van der Waals surface area contributed by atoms with Crippen molar-refractivity contribution >= 4 is 5.91 Å². The number of nitrogens with zero attached hydrogens (tertiary/aromatic N) is 1. The second-order valence-corrected chi connectivity index (χ2v) is 6.08. The van der Waals surface area contributed by atoms with Gasteiger partial charge in [0.15, 0.2) is 0 Å². The highest BCUT2D eigenvalue weighted by Gasteiger charge is 2.19. The van der Waals surface area contributed by atoms with E-state index in [1.165, 1.54) is 6.07 Å². The van der Waals surface area contributed by atoms with Crippen molar-refractivity contribution in [3.05, 3.63) is 54.1 Å². The number of carbonyl (C=O) groups excluding carboxylic acids is 1. The van der Waals surface area contributed by atoms with Crippen LogP contribution >= 0.6 is 0 Å². The number of hydrogen-bond acceptors (Lipinski definition) is 2. The maximum atomic E-state index is 14.1. The van der Waals surface area contributed by atoms with Gasteiger partial charge in [0.05, 0.1) is 5.69 Å². The van der Waals surface area contributed by atoms with Crippen LogP contribution in [0.15, 0.2) is 42.7 Å². The van der Waals surface area contributed by atoms with Crippen LogP contribution in [0.4, 0.5) is 4.39 Å². The van der Waals surface area contributed by atoms with Crippen LogP contribution in [0.5, 0.6) is 0 Å². The molecule has 1 aromatic heterocycles. The van der Waals surface area contributed by atoms with E-state index >= 15 is 0 Å². The van der Waals surface area contributed by atoms with Crippen molar-refractivity contribution in [3.63, 3.8) is 0 Å². The smallest absolute Gasteiger partial charge is 0.251 e. The SMILES string of the molecule is CC(C)(CCO)CNC(=O)c1ccc(-n2cccc2)c(F)c1. The lowest BCUT2D eigenvalue weighted by molar-refractivity contribution is 0.0928. The first-order chi connectivity index (χ1) is 10.4. The van der Waals surface area contributed by atoms with Crippen molar-refractivity contribution in [2.45, 2.75) is 20.3 Å². The van der Waals surface area contributed by atoms with Gasteiger partial charge in [0.1, 0.15) is 5.82 Å². The Morgan fingerprint density at radius 2 is 2.00 bits per heavy atom. The Morgan fingerprint density at radius 3 is 2.59 bits per heavy atom. The number of aliphatic hydroxyl groups excluding tert-OH is 1. The summed E-state index contributed by atoms with van der Waals surface area (Å²) in [5.74, 6) is -0.762. The topological polar surface area (TPSA) is 54.3 Å². The van der Waals surface area contributed by atoms with E-state index in [-0.39, 0.29) is 23.5 Å². The number of carbonyl (C=O) groups is 1. The van der Waals surface area contributed by atoms with Crippen molar-refractivity contribution in [2.24, 2.45) is 5.41 Å². The Balaban J connectivity index is 2.07. The minimum absolute atomic E-state index is 0.0725. The zero-order valence-electron chi connectivity index (χ0n) is 12.8. The second kappa shape index (κ2) is 6.75. The third kappa shape index (κ3) is 3.95. The van der Waals surface area contributed by atoms with E-state index in [1.54, 1.807) is 29.1 Å². The highest BCUT2D eigenvalue weighted by Crippen LogP contribution is 2.19. The Kier molecular flexibility index (Phi) is 4.98. The standard InChI is InChI=1S/C17H21FN2O2/c1-17(2,7-10-21)12-19-16(22)13-5-6-15(14(18)11-13)20-8-3-4-9-20/h3-6,8-9,11,21H,7,10,12H2,1-2H3,(H,19,22). The summed E-state index contributed by atoms with van der Waals surface area (Å²) in [6.45, 7) is 4.41. The summed E-state index contributed by atoms with van der Waals surface area (Å²) in [6, 6.07) is 8.05. The maximum absolute atomic E-state index is 14.1. The molecule has 0 saturated heterocycles. The molecule has 0 fully saturated rings. The van der Waals surface area contributed by atoms with Gasteiger partial charge < -0.3 is 15.0 Å². The molecule has 2 rings (SSSR count). The number of hydrogen-bond donors (Lipinski definition) is 2. The van der Waals surface area contributed by atoms with Crippen LogP contribution in [0.3, 0.4) is 0 Å². The third-order valence-corrected chi connectivity index (χ3v) is 3.61. The molecule has 2 N–H and O–H groups in total. The van der Waals surface area contributed by atoms with Crippen molar-refractivity contribution in [1.29, 1.82) is 0 Å². The third-order valence-electron chi connectivity index (χ3n) is 3.61. The highest BCUT2D eigenvalue weighted by atomic mass is 19.1. The molecule has 4 nitrogen and oxygen atoms in total. The molecule has 0 spiro atoms. The van der Waals surface area contributed by atoms with E-state index in [1.807, 2.05) is 26.0 Å². The molecule has 1 amide bonds. The average Bonchev–Trinajstić information content (AvgIpc) is 2.98. The van der Waals surface area contributed by atoms with Crippen LogP contribution in [0, 0.1) is 11.2 Å². The molecule has 0 aliphatic rings. The second-order valence-electron chi connectivity index (χ2n) is 6.08. The van der Waals surface area contributed by atoms with Gasteiger partial charge in [-0.25, -0.2) is 4.39 Å². The minimum atomic E-state index is -0.446. The van der Waals surface area contributed by atoms with Crippen LogP contribution in [0.1, 0.15) is 30.6 Å². The predicted molar refractivity (Wildman–Crippen MR) is 83.5 cm³/mol. The predicted octanol–water partition coefficient (Wildman–Crippen LogP) is 2.75. The molecule has 1 aromatic carbocycles. The fraction of sp³-hybridized carbons (Fsp3) is 0.353. The molecule has 1 heterocycles. The van der Waals surface area contributed by atoms with Gasteiger partial charge in [-0.2, -0.15) is 0 Å². The molecule has 0 aliphatic heterocycles. The molecule has 2 aromatic rings. The number of halogens is 1. The Labute approximate surface area is 129 Å². The first-order valence-electron chi connectivity index (χ1n) is 7.25. The Bertz CT molecular complexity index is 636. The normalized spacial score (nSPS) is 11.5. The zero-order chi connectivity index (χ0) is 16.2. The molecule has 118 valence electrons.